The molecule has 0 heterocycles. The number of nitrogens with one attached hydrogen (secondary N) is 1. The maximum absolute atomic E-state index is 12.9. The fourth-order valence-electron chi connectivity index (χ4n) is 8.54. The standard InChI is InChI=1S/C58H113N2O6P/c1-6-8-10-12-14-16-17-18-19-20-21-22-23-24-25-26-27-28-29-30-31-32-33-34-35-36-37-38-39-40-41-42-43-44-46-48-50-52-58(62)59-56(55-66-67(63,64)65-54-53-60(3,4)5)57(61)51-49-47-45-15-13-11-9-7-2/h17-18,20-21,49,51,56-57,61H,6-16,19,22-48,50,52-55H2,1-5H3,(H-,59,62,63,64)/p+1/b18-17-,21-20-,51-49+. The van der Waals surface area contributed by atoms with Gasteiger partial charge in [0.05, 0.1) is 39.9 Å². The molecule has 3 atom stereocenters. The number of aliphatic hydroxyl groups is 1. The number of quaternary nitrogens is 1. The molecule has 67 heavy (non-hydrogen) atoms. The number of aliphatic hydroxyl groups excluding tert-OH is 1. The number of nitrogens with zero attached hydrogens (tertiary/aromatic N) is 1. The normalized spacial score (nSPS) is 14.2. The Hall–Kier alpha value is -1.28. The molecule has 0 aliphatic carbocycles. The van der Waals surface area contributed by atoms with Crippen molar-refractivity contribution >= 4 is 13.7 Å². The number of hydrogen-bond donors (Lipinski definition) is 3. The first-order valence-corrected chi connectivity index (χ1v) is 30.4. The summed E-state index contributed by atoms with van der Waals surface area (Å²) in [7, 11) is 1.58. The third-order valence-electron chi connectivity index (χ3n) is 13.1. The van der Waals surface area contributed by atoms with Crippen LogP contribution in [0.15, 0.2) is 36.5 Å². The van der Waals surface area contributed by atoms with Crippen LogP contribution in [0, 0.1) is 0 Å². The van der Waals surface area contributed by atoms with E-state index in [2.05, 4.69) is 43.5 Å². The predicted molar refractivity (Wildman–Crippen MR) is 291 cm³/mol. The van der Waals surface area contributed by atoms with E-state index < -0.39 is 20.0 Å². The van der Waals surface area contributed by atoms with Gasteiger partial charge in [0.2, 0.25) is 5.91 Å². The molecule has 0 saturated heterocycles. The van der Waals surface area contributed by atoms with Crippen LogP contribution in [-0.4, -0.2) is 73.4 Å². The van der Waals surface area contributed by atoms with Gasteiger partial charge in [-0.1, -0.05) is 256 Å². The second-order valence-electron chi connectivity index (χ2n) is 21.0. The highest BCUT2D eigenvalue weighted by atomic mass is 31.2. The summed E-state index contributed by atoms with van der Waals surface area (Å²) < 4.78 is 23.5. The van der Waals surface area contributed by atoms with Crippen LogP contribution in [0.1, 0.15) is 277 Å². The van der Waals surface area contributed by atoms with E-state index in [1.165, 1.54) is 212 Å². The first-order valence-electron chi connectivity index (χ1n) is 28.9. The molecular weight excluding hydrogens is 852 g/mol. The highest BCUT2D eigenvalue weighted by molar-refractivity contribution is 7.47. The van der Waals surface area contributed by atoms with Gasteiger partial charge in [0.15, 0.2) is 0 Å². The monoisotopic (exact) mass is 966 g/mol. The van der Waals surface area contributed by atoms with E-state index in [0.717, 1.165) is 44.9 Å². The fraction of sp³-hybridized carbons (Fsp3) is 0.879. The molecule has 396 valence electrons. The minimum atomic E-state index is -4.33. The van der Waals surface area contributed by atoms with E-state index in [9.17, 15) is 19.4 Å². The highest BCUT2D eigenvalue weighted by Gasteiger charge is 2.27. The van der Waals surface area contributed by atoms with Gasteiger partial charge in [0.25, 0.3) is 0 Å². The largest absolute Gasteiger partial charge is 0.472 e. The Bertz CT molecular complexity index is 1190. The Morgan fingerprint density at radius 1 is 0.507 bits per heavy atom. The molecule has 0 saturated carbocycles. The van der Waals surface area contributed by atoms with Crippen LogP contribution in [0.3, 0.4) is 0 Å². The average molecular weight is 967 g/mol. The molecular formula is C58H114N2O6P+. The van der Waals surface area contributed by atoms with Gasteiger partial charge in [-0.2, -0.15) is 0 Å². The van der Waals surface area contributed by atoms with Crippen molar-refractivity contribution in [3.63, 3.8) is 0 Å². The first-order chi connectivity index (χ1) is 32.5. The van der Waals surface area contributed by atoms with E-state index in [0.29, 0.717) is 17.4 Å². The first kappa shape index (κ1) is 65.7. The molecule has 3 unspecified atom stereocenters. The molecule has 3 N–H and O–H groups in total. The molecule has 0 fully saturated rings. The number of unbranched alkanes of at least 4 members (excludes halogenated alkanes) is 36. The molecule has 0 aromatic heterocycles. The number of amides is 1. The van der Waals surface area contributed by atoms with Crippen LogP contribution in [-0.2, 0) is 18.4 Å². The number of allylic oxidation sites excluding steroid dienone is 5. The summed E-state index contributed by atoms with van der Waals surface area (Å²) in [4.78, 5) is 23.1. The summed E-state index contributed by atoms with van der Waals surface area (Å²) in [5, 5.41) is 13.8. The highest BCUT2D eigenvalue weighted by Crippen LogP contribution is 2.43. The topological polar surface area (TPSA) is 105 Å². The fourth-order valence-corrected chi connectivity index (χ4v) is 9.28. The van der Waals surface area contributed by atoms with Crippen molar-refractivity contribution < 1.29 is 32.9 Å². The minimum Gasteiger partial charge on any atom is -0.387 e. The lowest BCUT2D eigenvalue weighted by atomic mass is 10.0. The summed E-state index contributed by atoms with van der Waals surface area (Å²) in [5.41, 5.74) is 0. The van der Waals surface area contributed by atoms with Crippen LogP contribution in [0.5, 0.6) is 0 Å². The van der Waals surface area contributed by atoms with Gasteiger partial charge in [0.1, 0.15) is 13.2 Å². The number of carbonyl (C=O) groups excluding carboxylic acids is 1. The smallest absolute Gasteiger partial charge is 0.387 e. The Morgan fingerprint density at radius 2 is 0.851 bits per heavy atom. The zero-order chi connectivity index (χ0) is 49.2. The van der Waals surface area contributed by atoms with Crippen molar-refractivity contribution in [3.05, 3.63) is 36.5 Å². The van der Waals surface area contributed by atoms with Crippen molar-refractivity contribution in [2.45, 2.75) is 289 Å². The summed E-state index contributed by atoms with van der Waals surface area (Å²) in [6.07, 6.45) is 64.4. The van der Waals surface area contributed by atoms with E-state index >= 15 is 0 Å². The summed E-state index contributed by atoms with van der Waals surface area (Å²) in [5.74, 6) is -0.176. The number of phosphoric ester groups is 1. The summed E-state index contributed by atoms with van der Waals surface area (Å²) in [6.45, 7) is 4.78. The molecule has 0 aromatic rings. The maximum Gasteiger partial charge on any atom is 0.472 e. The lowest BCUT2D eigenvalue weighted by molar-refractivity contribution is -0.870. The van der Waals surface area contributed by atoms with E-state index in [1.54, 1.807) is 6.08 Å². The third-order valence-corrected chi connectivity index (χ3v) is 14.1. The van der Waals surface area contributed by atoms with Crippen molar-refractivity contribution in [3.8, 4) is 0 Å². The van der Waals surface area contributed by atoms with Crippen molar-refractivity contribution in [2.75, 3.05) is 40.9 Å². The zero-order valence-electron chi connectivity index (χ0n) is 45.2. The lowest BCUT2D eigenvalue weighted by Crippen LogP contribution is -2.45. The number of hydrogen-bond acceptors (Lipinski definition) is 5. The van der Waals surface area contributed by atoms with Crippen LogP contribution < -0.4 is 5.32 Å². The van der Waals surface area contributed by atoms with Gasteiger partial charge in [-0.15, -0.1) is 0 Å². The third kappa shape index (κ3) is 52.4. The van der Waals surface area contributed by atoms with Crippen LogP contribution >= 0.6 is 7.82 Å². The number of rotatable bonds is 53. The summed E-state index contributed by atoms with van der Waals surface area (Å²) in [6, 6.07) is -0.841. The van der Waals surface area contributed by atoms with E-state index in [4.69, 9.17) is 9.05 Å². The van der Waals surface area contributed by atoms with E-state index in [1.807, 2.05) is 27.2 Å². The molecule has 0 aliphatic rings. The predicted octanol–water partition coefficient (Wildman–Crippen LogP) is 17.4. The number of carbonyl (C=O) groups is 1. The van der Waals surface area contributed by atoms with Gasteiger partial charge in [-0.25, -0.2) is 4.57 Å². The second kappa shape index (κ2) is 49.7. The minimum absolute atomic E-state index is 0.0629. The molecule has 9 heteroatoms. The molecule has 8 nitrogen and oxygen atoms in total. The SMILES string of the molecule is CCCCCCC/C=C\C/C=C\CCCCCCCCCCCCCCCCCCCCCCCCCCCC(=O)NC(COP(=O)(O)OCC[N+](C)(C)C)C(O)/C=C/CCCCCCCC. The molecule has 0 rings (SSSR count). The van der Waals surface area contributed by atoms with Crippen molar-refractivity contribution in [1.82, 2.24) is 5.32 Å². The van der Waals surface area contributed by atoms with E-state index in [-0.39, 0.29) is 19.1 Å². The van der Waals surface area contributed by atoms with Crippen LogP contribution in [0.2, 0.25) is 0 Å². The number of likely N-dealkylation sites (N-methyl/N-ethyl adjacent to an activating group) is 1. The Kier molecular flexibility index (Phi) is 48.7. The Labute approximate surface area is 417 Å². The molecule has 0 bridgehead atoms. The Balaban J connectivity index is 3.79. The van der Waals surface area contributed by atoms with Crippen molar-refractivity contribution in [2.24, 2.45) is 0 Å². The lowest BCUT2D eigenvalue weighted by Gasteiger charge is -2.25. The molecule has 0 aliphatic heterocycles. The maximum atomic E-state index is 12.9. The second-order valence-corrected chi connectivity index (χ2v) is 22.5. The zero-order valence-corrected chi connectivity index (χ0v) is 46.0. The Morgan fingerprint density at radius 3 is 1.22 bits per heavy atom. The summed E-state index contributed by atoms with van der Waals surface area (Å²) >= 11 is 0. The quantitative estimate of drug-likeness (QED) is 0.0243. The molecule has 1 amide bonds. The van der Waals surface area contributed by atoms with Crippen LogP contribution in [0.25, 0.3) is 0 Å². The van der Waals surface area contributed by atoms with Gasteiger partial charge < -0.3 is 19.8 Å². The van der Waals surface area contributed by atoms with Gasteiger partial charge in [0, 0.05) is 6.42 Å². The van der Waals surface area contributed by atoms with Gasteiger partial charge >= 0.3 is 7.82 Å². The molecule has 0 spiro atoms. The van der Waals surface area contributed by atoms with Gasteiger partial charge in [-0.3, -0.25) is 13.8 Å². The molecule has 0 aromatic carbocycles. The van der Waals surface area contributed by atoms with Crippen molar-refractivity contribution in [1.29, 1.82) is 0 Å². The van der Waals surface area contributed by atoms with Crippen LogP contribution in [0.4, 0.5) is 0 Å². The average Bonchev–Trinajstić information content (AvgIpc) is 3.29. The van der Waals surface area contributed by atoms with Gasteiger partial charge in [-0.05, 0) is 51.4 Å². The number of phosphoric acid groups is 1. The molecule has 0 radical (unpaired) electrons.